The Balaban J connectivity index is 1.46. The van der Waals surface area contributed by atoms with Crippen molar-refractivity contribution in [3.8, 4) is 5.75 Å². The van der Waals surface area contributed by atoms with Gasteiger partial charge in [0.25, 0.3) is 0 Å². The molecule has 1 N–H and O–H groups in total. The molecule has 3 rings (SSSR count). The molecular formula is C18H26N2O2S. The van der Waals surface area contributed by atoms with Gasteiger partial charge in [0, 0.05) is 30.8 Å². The molecule has 5 heteroatoms. The Morgan fingerprint density at radius 3 is 3.00 bits per heavy atom. The number of fused-ring (bicyclic) bond motifs is 1. The van der Waals surface area contributed by atoms with E-state index in [4.69, 9.17) is 4.74 Å². The number of hydrogen-bond donors (Lipinski definition) is 1. The molecule has 0 spiro atoms. The van der Waals surface area contributed by atoms with Crippen LogP contribution in [0.25, 0.3) is 0 Å². The van der Waals surface area contributed by atoms with Crippen molar-refractivity contribution in [3.05, 3.63) is 29.8 Å². The topological polar surface area (TPSA) is 41.6 Å². The molecule has 0 aromatic heterocycles. The molecule has 0 bridgehead atoms. The van der Waals surface area contributed by atoms with E-state index in [1.807, 2.05) is 41.9 Å². The van der Waals surface area contributed by atoms with Crippen molar-refractivity contribution in [2.45, 2.75) is 37.0 Å². The monoisotopic (exact) mass is 334 g/mol. The van der Waals surface area contributed by atoms with Gasteiger partial charge in [-0.15, -0.1) is 0 Å². The van der Waals surface area contributed by atoms with E-state index >= 15 is 0 Å². The number of para-hydroxylation sites is 1. The van der Waals surface area contributed by atoms with Gasteiger partial charge in [-0.05, 0) is 43.6 Å². The third kappa shape index (κ3) is 3.94. The predicted octanol–water partition coefficient (Wildman–Crippen LogP) is 3.16. The molecule has 1 aromatic carbocycles. The van der Waals surface area contributed by atoms with Gasteiger partial charge in [-0.1, -0.05) is 18.2 Å². The second-order valence-electron chi connectivity index (χ2n) is 6.61. The Hall–Kier alpha value is -1.36. The van der Waals surface area contributed by atoms with E-state index in [0.29, 0.717) is 30.4 Å². The van der Waals surface area contributed by atoms with Crippen molar-refractivity contribution in [3.63, 3.8) is 0 Å². The number of rotatable bonds is 4. The number of amides is 2. The highest BCUT2D eigenvalue weighted by Gasteiger charge is 2.29. The fourth-order valence-electron chi connectivity index (χ4n) is 3.53. The Kier molecular flexibility index (Phi) is 5.36. The zero-order chi connectivity index (χ0) is 16.2. The van der Waals surface area contributed by atoms with Crippen LogP contribution in [0.2, 0.25) is 0 Å². The van der Waals surface area contributed by atoms with Gasteiger partial charge >= 0.3 is 6.03 Å². The van der Waals surface area contributed by atoms with Crippen LogP contribution in [0.15, 0.2) is 24.3 Å². The highest BCUT2D eigenvalue weighted by molar-refractivity contribution is 7.99. The van der Waals surface area contributed by atoms with Crippen LogP contribution in [0.1, 0.15) is 24.8 Å². The summed E-state index contributed by atoms with van der Waals surface area (Å²) in [5.74, 6) is 1.34. The number of thioether (sulfide) groups is 1. The zero-order valence-electron chi connectivity index (χ0n) is 14.0. The predicted molar refractivity (Wildman–Crippen MR) is 95.2 cm³/mol. The molecule has 1 aliphatic heterocycles. The Morgan fingerprint density at radius 1 is 1.39 bits per heavy atom. The molecule has 1 aliphatic carbocycles. The quantitative estimate of drug-likeness (QED) is 0.919. The third-order valence-corrected chi connectivity index (χ3v) is 6.15. The van der Waals surface area contributed by atoms with E-state index in [9.17, 15) is 4.79 Å². The van der Waals surface area contributed by atoms with Gasteiger partial charge in [0.2, 0.25) is 0 Å². The van der Waals surface area contributed by atoms with E-state index in [-0.39, 0.29) is 6.03 Å². The van der Waals surface area contributed by atoms with Crippen LogP contribution < -0.4 is 10.1 Å². The van der Waals surface area contributed by atoms with E-state index in [1.165, 1.54) is 12.0 Å². The maximum Gasteiger partial charge on any atom is 0.317 e. The summed E-state index contributed by atoms with van der Waals surface area (Å²) in [4.78, 5) is 14.3. The number of hydrogen-bond acceptors (Lipinski definition) is 3. The molecule has 23 heavy (non-hydrogen) atoms. The summed E-state index contributed by atoms with van der Waals surface area (Å²) in [7, 11) is 1.93. The van der Waals surface area contributed by atoms with Crippen molar-refractivity contribution in [2.75, 3.05) is 26.5 Å². The van der Waals surface area contributed by atoms with Crippen LogP contribution in [-0.2, 0) is 6.42 Å². The first kappa shape index (κ1) is 16.5. The van der Waals surface area contributed by atoms with Crippen molar-refractivity contribution in [1.29, 1.82) is 0 Å². The van der Waals surface area contributed by atoms with Gasteiger partial charge in [-0.25, -0.2) is 4.79 Å². The molecule has 2 amide bonds. The summed E-state index contributed by atoms with van der Waals surface area (Å²) in [6.07, 6.45) is 6.59. The molecule has 4 nitrogen and oxygen atoms in total. The second-order valence-corrected chi connectivity index (χ2v) is 7.75. The smallest absolute Gasteiger partial charge is 0.317 e. The minimum absolute atomic E-state index is 0.0515. The van der Waals surface area contributed by atoms with E-state index < -0.39 is 0 Å². The van der Waals surface area contributed by atoms with Crippen molar-refractivity contribution < 1.29 is 9.53 Å². The minimum atomic E-state index is 0.0515. The van der Waals surface area contributed by atoms with Crippen LogP contribution in [0.3, 0.4) is 0 Å². The first-order valence-corrected chi connectivity index (χ1v) is 9.70. The van der Waals surface area contributed by atoms with E-state index in [1.54, 1.807) is 0 Å². The Morgan fingerprint density at radius 2 is 2.22 bits per heavy atom. The lowest BCUT2D eigenvalue weighted by Crippen LogP contribution is -2.45. The van der Waals surface area contributed by atoms with Crippen molar-refractivity contribution in [2.24, 2.45) is 5.92 Å². The number of ether oxygens (including phenoxy) is 1. The first-order chi connectivity index (χ1) is 11.2. The van der Waals surface area contributed by atoms with Crippen LogP contribution in [0, 0.1) is 5.92 Å². The number of nitrogens with one attached hydrogen (secondary N) is 1. The van der Waals surface area contributed by atoms with Gasteiger partial charge in [-0.3, -0.25) is 0 Å². The van der Waals surface area contributed by atoms with Gasteiger partial charge in [0.15, 0.2) is 0 Å². The fraction of sp³-hybridized carbons (Fsp3) is 0.611. The zero-order valence-corrected chi connectivity index (χ0v) is 14.8. The summed E-state index contributed by atoms with van der Waals surface area (Å²) < 4.78 is 5.79. The van der Waals surface area contributed by atoms with Crippen LogP contribution in [-0.4, -0.2) is 48.7 Å². The standard InChI is InChI=1S/C18H26N2O2S/c1-20(15-7-8-16(10-15)23-2)18(21)19-11-13-9-14-5-3-4-6-17(14)22-12-13/h3-6,13,15-16H,7-12H2,1-2H3,(H,19,21)/t13-,15+,16+/m0/s1. The Labute approximate surface area is 143 Å². The number of nitrogens with zero attached hydrogens (tertiary/aromatic N) is 1. The lowest BCUT2D eigenvalue weighted by Gasteiger charge is -2.28. The van der Waals surface area contributed by atoms with Gasteiger partial charge in [0.1, 0.15) is 5.75 Å². The second kappa shape index (κ2) is 7.47. The third-order valence-electron chi connectivity index (χ3n) is 5.06. The van der Waals surface area contributed by atoms with Crippen LogP contribution in [0.4, 0.5) is 4.79 Å². The molecule has 1 aromatic rings. The van der Waals surface area contributed by atoms with Gasteiger partial charge < -0.3 is 15.0 Å². The molecule has 0 unspecified atom stereocenters. The number of carbonyl (C=O) groups excluding carboxylic acids is 1. The van der Waals surface area contributed by atoms with Crippen molar-refractivity contribution >= 4 is 17.8 Å². The molecule has 0 radical (unpaired) electrons. The molecule has 3 atom stereocenters. The van der Waals surface area contributed by atoms with Crippen LogP contribution >= 0.6 is 11.8 Å². The first-order valence-electron chi connectivity index (χ1n) is 8.41. The lowest BCUT2D eigenvalue weighted by atomic mass is 9.97. The maximum absolute atomic E-state index is 12.4. The largest absolute Gasteiger partial charge is 0.493 e. The molecular weight excluding hydrogens is 308 g/mol. The lowest BCUT2D eigenvalue weighted by molar-refractivity contribution is 0.181. The highest BCUT2D eigenvalue weighted by atomic mass is 32.2. The molecule has 0 saturated heterocycles. The summed E-state index contributed by atoms with van der Waals surface area (Å²) in [5, 5.41) is 3.80. The average Bonchev–Trinajstić information content (AvgIpc) is 3.08. The van der Waals surface area contributed by atoms with E-state index in [2.05, 4.69) is 17.6 Å². The molecule has 2 aliphatic rings. The van der Waals surface area contributed by atoms with Gasteiger partial charge in [-0.2, -0.15) is 11.8 Å². The number of urea groups is 1. The van der Waals surface area contributed by atoms with E-state index in [0.717, 1.165) is 25.0 Å². The molecule has 126 valence electrons. The highest BCUT2D eigenvalue weighted by Crippen LogP contribution is 2.31. The van der Waals surface area contributed by atoms with Crippen molar-refractivity contribution in [1.82, 2.24) is 10.2 Å². The molecule has 1 heterocycles. The number of carbonyl (C=O) groups is 1. The van der Waals surface area contributed by atoms with Gasteiger partial charge in [0.05, 0.1) is 6.61 Å². The SMILES string of the molecule is CS[C@@H]1CC[C@@H](N(C)C(=O)NC[C@H]2COc3ccccc3C2)C1. The number of benzene rings is 1. The maximum atomic E-state index is 12.4. The molecule has 1 fully saturated rings. The average molecular weight is 334 g/mol. The van der Waals surface area contributed by atoms with Crippen LogP contribution in [0.5, 0.6) is 5.75 Å². The fourth-order valence-corrected chi connectivity index (χ4v) is 4.31. The Bertz CT molecular complexity index is 552. The normalized spacial score (nSPS) is 26.3. The summed E-state index contributed by atoms with van der Waals surface area (Å²) in [5.41, 5.74) is 1.24. The summed E-state index contributed by atoms with van der Waals surface area (Å²) in [6.45, 7) is 1.36. The summed E-state index contributed by atoms with van der Waals surface area (Å²) >= 11 is 1.92. The minimum Gasteiger partial charge on any atom is -0.493 e. The molecule has 1 saturated carbocycles. The summed E-state index contributed by atoms with van der Waals surface area (Å²) in [6, 6.07) is 8.60.